The SMILES string of the molecule is CC1(OC(=O)N2[C@H]3CC[C@H]2CC(Oc2ncnc4c2ccn4-c2ccc(C#N)cc2Cl)C3)CCC1. The number of hydrogen-bond acceptors (Lipinski definition) is 6. The Hall–Kier alpha value is -3.31. The van der Waals surface area contributed by atoms with Gasteiger partial charge in [-0.15, -0.1) is 0 Å². The average Bonchev–Trinajstić information content (AvgIpc) is 3.37. The molecule has 1 saturated carbocycles. The van der Waals surface area contributed by atoms with E-state index in [0.717, 1.165) is 56.0 Å². The molecule has 6 rings (SSSR count). The van der Waals surface area contributed by atoms with E-state index in [-0.39, 0.29) is 29.9 Å². The number of hydrogen-bond donors (Lipinski definition) is 0. The zero-order valence-corrected chi connectivity index (χ0v) is 20.2. The molecule has 3 fully saturated rings. The van der Waals surface area contributed by atoms with Gasteiger partial charge in [-0.25, -0.2) is 14.8 Å². The van der Waals surface area contributed by atoms with Gasteiger partial charge in [0.1, 0.15) is 18.0 Å². The molecule has 4 heterocycles. The number of amides is 1. The second-order valence-electron chi connectivity index (χ2n) is 10.1. The minimum atomic E-state index is -0.290. The molecule has 2 saturated heterocycles. The van der Waals surface area contributed by atoms with E-state index >= 15 is 0 Å². The molecule has 2 aliphatic heterocycles. The van der Waals surface area contributed by atoms with Crippen LogP contribution in [-0.4, -0.2) is 49.3 Å². The summed E-state index contributed by atoms with van der Waals surface area (Å²) in [5.41, 5.74) is 1.62. The van der Waals surface area contributed by atoms with Crippen molar-refractivity contribution in [3.8, 4) is 17.6 Å². The maximum Gasteiger partial charge on any atom is 0.410 e. The number of carbonyl (C=O) groups excluding carboxylic acids is 1. The van der Waals surface area contributed by atoms with Crippen LogP contribution in [0.15, 0.2) is 36.8 Å². The van der Waals surface area contributed by atoms with E-state index in [1.165, 1.54) is 6.33 Å². The lowest BCUT2D eigenvalue weighted by Gasteiger charge is -2.43. The average molecular weight is 492 g/mol. The molecular formula is C26H26ClN5O3. The summed E-state index contributed by atoms with van der Waals surface area (Å²) in [5, 5.41) is 10.4. The molecule has 2 bridgehead atoms. The van der Waals surface area contributed by atoms with Crippen LogP contribution < -0.4 is 4.74 Å². The summed E-state index contributed by atoms with van der Waals surface area (Å²) in [6.45, 7) is 2.03. The third-order valence-electron chi connectivity index (χ3n) is 7.70. The Kier molecular flexibility index (Phi) is 5.33. The van der Waals surface area contributed by atoms with Gasteiger partial charge in [0.05, 0.1) is 27.7 Å². The zero-order valence-electron chi connectivity index (χ0n) is 19.5. The van der Waals surface area contributed by atoms with Gasteiger partial charge in [-0.2, -0.15) is 5.26 Å². The smallest absolute Gasteiger partial charge is 0.410 e. The van der Waals surface area contributed by atoms with E-state index in [1.807, 2.05) is 28.7 Å². The van der Waals surface area contributed by atoms with E-state index < -0.39 is 0 Å². The van der Waals surface area contributed by atoms with Crippen molar-refractivity contribution >= 4 is 28.7 Å². The first kappa shape index (κ1) is 22.2. The number of nitriles is 1. The van der Waals surface area contributed by atoms with Crippen molar-refractivity contribution in [1.82, 2.24) is 19.4 Å². The van der Waals surface area contributed by atoms with Crippen LogP contribution in [0.3, 0.4) is 0 Å². The quantitative estimate of drug-likeness (QED) is 0.485. The third kappa shape index (κ3) is 3.88. The van der Waals surface area contributed by atoms with Crippen molar-refractivity contribution in [2.24, 2.45) is 0 Å². The first-order valence-electron chi connectivity index (χ1n) is 12.1. The van der Waals surface area contributed by atoms with Gasteiger partial charge < -0.3 is 14.4 Å². The topological polar surface area (TPSA) is 93.3 Å². The molecule has 0 spiro atoms. The molecule has 2 aromatic heterocycles. The van der Waals surface area contributed by atoms with Crippen molar-refractivity contribution in [2.75, 3.05) is 0 Å². The van der Waals surface area contributed by atoms with Crippen molar-refractivity contribution in [3.63, 3.8) is 0 Å². The van der Waals surface area contributed by atoms with Crippen LogP contribution in [-0.2, 0) is 4.74 Å². The Labute approximate surface area is 208 Å². The summed E-state index contributed by atoms with van der Waals surface area (Å²) in [4.78, 5) is 23.8. The van der Waals surface area contributed by atoms with E-state index in [1.54, 1.807) is 18.2 Å². The Bertz CT molecular complexity index is 1330. The Morgan fingerprint density at radius 1 is 1.20 bits per heavy atom. The Morgan fingerprint density at radius 3 is 2.63 bits per heavy atom. The Balaban J connectivity index is 1.20. The number of carbonyl (C=O) groups is 1. The predicted octanol–water partition coefficient (Wildman–Crippen LogP) is 5.40. The summed E-state index contributed by atoms with van der Waals surface area (Å²) in [6.07, 6.45) is 9.66. The summed E-state index contributed by atoms with van der Waals surface area (Å²) in [7, 11) is 0. The van der Waals surface area contributed by atoms with Gasteiger partial charge in [0, 0.05) is 31.1 Å². The fraction of sp³-hybridized carbons (Fsp3) is 0.462. The first-order chi connectivity index (χ1) is 16.9. The Morgan fingerprint density at radius 2 is 1.97 bits per heavy atom. The molecule has 8 nitrogen and oxygen atoms in total. The van der Waals surface area contributed by atoms with Gasteiger partial charge in [0.15, 0.2) is 5.65 Å². The van der Waals surface area contributed by atoms with E-state index in [0.29, 0.717) is 22.1 Å². The number of halogens is 1. The molecule has 3 aliphatic rings. The minimum absolute atomic E-state index is 0.0317. The molecule has 0 N–H and O–H groups in total. The number of benzene rings is 1. The minimum Gasteiger partial charge on any atom is -0.474 e. The second kappa shape index (κ2) is 8.42. The lowest BCUT2D eigenvalue weighted by atomic mass is 9.82. The van der Waals surface area contributed by atoms with Crippen LogP contribution in [0.5, 0.6) is 5.88 Å². The van der Waals surface area contributed by atoms with Gasteiger partial charge in [0.25, 0.3) is 0 Å². The number of piperidine rings is 1. The fourth-order valence-corrected chi connectivity index (χ4v) is 5.98. The maximum absolute atomic E-state index is 12.9. The number of rotatable bonds is 4. The number of nitrogens with zero attached hydrogens (tertiary/aromatic N) is 5. The van der Waals surface area contributed by atoms with Crippen LogP contribution in [0.2, 0.25) is 5.02 Å². The summed E-state index contributed by atoms with van der Waals surface area (Å²) in [6, 6.07) is 9.46. The van der Waals surface area contributed by atoms with Crippen LogP contribution in [0.25, 0.3) is 16.7 Å². The van der Waals surface area contributed by atoms with Gasteiger partial charge in [-0.3, -0.25) is 4.57 Å². The first-order valence-corrected chi connectivity index (χ1v) is 12.5. The van der Waals surface area contributed by atoms with Gasteiger partial charge in [-0.05, 0) is 63.3 Å². The lowest BCUT2D eigenvalue weighted by molar-refractivity contribution is -0.0609. The molecule has 3 aromatic rings. The number of fused-ring (bicyclic) bond motifs is 3. The number of ether oxygens (including phenoxy) is 2. The van der Waals surface area contributed by atoms with Crippen molar-refractivity contribution in [1.29, 1.82) is 5.26 Å². The zero-order chi connectivity index (χ0) is 24.2. The summed E-state index contributed by atoms with van der Waals surface area (Å²) < 4.78 is 14.1. The van der Waals surface area contributed by atoms with Gasteiger partial charge in [0.2, 0.25) is 5.88 Å². The van der Waals surface area contributed by atoms with E-state index in [4.69, 9.17) is 26.3 Å². The molecule has 0 radical (unpaired) electrons. The highest BCUT2D eigenvalue weighted by Crippen LogP contribution is 2.41. The van der Waals surface area contributed by atoms with E-state index in [2.05, 4.69) is 16.0 Å². The van der Waals surface area contributed by atoms with E-state index in [9.17, 15) is 4.79 Å². The van der Waals surface area contributed by atoms with Crippen molar-refractivity contribution in [2.45, 2.75) is 75.7 Å². The molecule has 2 atom stereocenters. The molecule has 0 unspecified atom stereocenters. The molecule has 180 valence electrons. The number of aromatic nitrogens is 3. The third-order valence-corrected chi connectivity index (χ3v) is 8.01. The lowest BCUT2D eigenvalue weighted by Crippen LogP contribution is -2.52. The van der Waals surface area contributed by atoms with Gasteiger partial charge >= 0.3 is 6.09 Å². The van der Waals surface area contributed by atoms with Crippen molar-refractivity contribution < 1.29 is 14.3 Å². The fourth-order valence-electron chi connectivity index (χ4n) is 5.71. The normalized spacial score (nSPS) is 24.6. The highest BCUT2D eigenvalue weighted by atomic mass is 35.5. The second-order valence-corrected chi connectivity index (χ2v) is 10.5. The van der Waals surface area contributed by atoms with Gasteiger partial charge in [-0.1, -0.05) is 11.6 Å². The highest BCUT2D eigenvalue weighted by molar-refractivity contribution is 6.32. The van der Waals surface area contributed by atoms with Crippen LogP contribution in [0.1, 0.15) is 57.4 Å². The molecule has 35 heavy (non-hydrogen) atoms. The monoisotopic (exact) mass is 491 g/mol. The van der Waals surface area contributed by atoms with Crippen LogP contribution >= 0.6 is 11.6 Å². The summed E-state index contributed by atoms with van der Waals surface area (Å²) >= 11 is 6.44. The van der Waals surface area contributed by atoms with Crippen LogP contribution in [0.4, 0.5) is 4.79 Å². The molecule has 1 aliphatic carbocycles. The van der Waals surface area contributed by atoms with Crippen molar-refractivity contribution in [3.05, 3.63) is 47.4 Å². The maximum atomic E-state index is 12.9. The molecule has 9 heteroatoms. The molecule has 1 amide bonds. The molecule has 1 aromatic carbocycles. The predicted molar refractivity (Wildman–Crippen MR) is 130 cm³/mol. The van der Waals surface area contributed by atoms with Crippen LogP contribution in [0, 0.1) is 11.3 Å². The highest BCUT2D eigenvalue weighted by Gasteiger charge is 2.47. The largest absolute Gasteiger partial charge is 0.474 e. The summed E-state index contributed by atoms with van der Waals surface area (Å²) in [5.74, 6) is 0.529. The standard InChI is InChI=1S/C26H26ClN5O3/c1-26(8-2-9-26)35-25(33)32-17-4-5-18(32)13-19(12-17)34-24-20-7-10-31(23(20)29-15-30-24)22-6-3-16(14-28)11-21(22)27/h3,6-7,10-11,15,17-19H,2,4-5,8-9,12-13H2,1H3/t17-,18-/m0/s1. The molecular weight excluding hydrogens is 466 g/mol.